The first-order valence-electron chi connectivity index (χ1n) is 11.3. The van der Waals surface area contributed by atoms with E-state index in [9.17, 15) is 29.3 Å². The molecule has 1 heterocycles. The standard InChI is InChI=1S/C27H26FNO6/c28-20-10-6-18(7-11-20)24(31)15-14-22(25(32)19-8-12-21(30)13-9-19)26(33)29-23(16-35-27(29)34)17-4-2-1-3-5-17/h1-13,22-25,30-32H,14-16H2/t22-,23-,24-,25+/m1/s1. The maximum atomic E-state index is 13.7. The molecular formula is C27H26FNO6. The number of aliphatic hydroxyl groups is 2. The molecule has 1 aliphatic heterocycles. The third kappa shape index (κ3) is 5.50. The number of ether oxygens (including phenoxy) is 1. The number of phenolic OH excluding ortho intramolecular Hbond substituents is 1. The van der Waals surface area contributed by atoms with Gasteiger partial charge in [0.25, 0.3) is 0 Å². The number of hydrogen-bond acceptors (Lipinski definition) is 6. The monoisotopic (exact) mass is 479 g/mol. The number of phenols is 1. The van der Waals surface area contributed by atoms with Crippen LogP contribution in [0.2, 0.25) is 0 Å². The fourth-order valence-electron chi connectivity index (χ4n) is 4.27. The number of carbonyl (C=O) groups excluding carboxylic acids is 2. The quantitative estimate of drug-likeness (QED) is 0.442. The molecule has 35 heavy (non-hydrogen) atoms. The first-order chi connectivity index (χ1) is 16.8. The molecule has 3 N–H and O–H groups in total. The van der Waals surface area contributed by atoms with Gasteiger partial charge in [-0.2, -0.15) is 0 Å². The third-order valence-electron chi connectivity index (χ3n) is 6.23. The Morgan fingerprint density at radius 1 is 0.943 bits per heavy atom. The van der Waals surface area contributed by atoms with Crippen molar-refractivity contribution in [3.8, 4) is 5.75 Å². The van der Waals surface area contributed by atoms with Gasteiger partial charge in [-0.1, -0.05) is 54.6 Å². The van der Waals surface area contributed by atoms with Crippen LogP contribution in [0.25, 0.3) is 0 Å². The molecule has 0 radical (unpaired) electrons. The van der Waals surface area contributed by atoms with Crippen molar-refractivity contribution in [1.29, 1.82) is 0 Å². The Morgan fingerprint density at radius 2 is 1.57 bits per heavy atom. The van der Waals surface area contributed by atoms with E-state index in [2.05, 4.69) is 0 Å². The molecule has 182 valence electrons. The van der Waals surface area contributed by atoms with E-state index in [0.717, 1.165) is 10.5 Å². The summed E-state index contributed by atoms with van der Waals surface area (Å²) in [6.07, 6.45) is -3.01. The molecule has 0 unspecified atom stereocenters. The van der Waals surface area contributed by atoms with Crippen molar-refractivity contribution in [2.45, 2.75) is 31.1 Å². The van der Waals surface area contributed by atoms with Crippen molar-refractivity contribution in [3.63, 3.8) is 0 Å². The van der Waals surface area contributed by atoms with Gasteiger partial charge in [-0.15, -0.1) is 0 Å². The summed E-state index contributed by atoms with van der Waals surface area (Å²) < 4.78 is 18.4. The molecule has 1 fully saturated rings. The van der Waals surface area contributed by atoms with Crippen molar-refractivity contribution in [3.05, 3.63) is 101 Å². The van der Waals surface area contributed by atoms with E-state index in [4.69, 9.17) is 4.74 Å². The number of carbonyl (C=O) groups is 2. The van der Waals surface area contributed by atoms with E-state index >= 15 is 0 Å². The van der Waals surface area contributed by atoms with Crippen LogP contribution in [0, 0.1) is 11.7 Å². The molecular weight excluding hydrogens is 453 g/mol. The van der Waals surface area contributed by atoms with Crippen LogP contribution in [0.1, 0.15) is 47.8 Å². The zero-order valence-corrected chi connectivity index (χ0v) is 18.8. The van der Waals surface area contributed by atoms with Gasteiger partial charge in [-0.3, -0.25) is 4.79 Å². The Bertz CT molecular complexity index is 1150. The average Bonchev–Trinajstić information content (AvgIpc) is 3.26. The molecule has 8 heteroatoms. The van der Waals surface area contributed by atoms with Crippen LogP contribution in [-0.4, -0.2) is 38.8 Å². The Kier molecular flexibility index (Phi) is 7.43. The summed E-state index contributed by atoms with van der Waals surface area (Å²) in [4.78, 5) is 27.3. The zero-order chi connectivity index (χ0) is 24.9. The zero-order valence-electron chi connectivity index (χ0n) is 18.8. The summed E-state index contributed by atoms with van der Waals surface area (Å²) in [5.74, 6) is -2.15. The second-order valence-electron chi connectivity index (χ2n) is 8.50. The van der Waals surface area contributed by atoms with E-state index < -0.39 is 42.0 Å². The number of amides is 2. The molecule has 4 atom stereocenters. The van der Waals surface area contributed by atoms with E-state index in [0.29, 0.717) is 11.1 Å². The smallest absolute Gasteiger partial charge is 0.417 e. The number of halogens is 1. The lowest BCUT2D eigenvalue weighted by Gasteiger charge is -2.29. The van der Waals surface area contributed by atoms with Gasteiger partial charge < -0.3 is 20.1 Å². The summed E-state index contributed by atoms with van der Waals surface area (Å²) in [5, 5.41) is 31.4. The van der Waals surface area contributed by atoms with Gasteiger partial charge in [0.1, 0.15) is 24.2 Å². The average molecular weight is 480 g/mol. The molecule has 3 aromatic rings. The fourth-order valence-corrected chi connectivity index (χ4v) is 4.27. The molecule has 3 aromatic carbocycles. The predicted molar refractivity (Wildman–Crippen MR) is 125 cm³/mol. The number of imide groups is 1. The van der Waals surface area contributed by atoms with Crippen LogP contribution in [0.5, 0.6) is 5.75 Å². The summed E-state index contributed by atoms with van der Waals surface area (Å²) in [5.41, 5.74) is 1.57. The minimum atomic E-state index is -1.31. The molecule has 0 bridgehead atoms. The highest BCUT2D eigenvalue weighted by Crippen LogP contribution is 2.36. The highest BCUT2D eigenvalue weighted by atomic mass is 19.1. The Hall–Kier alpha value is -3.75. The second-order valence-corrected chi connectivity index (χ2v) is 8.50. The number of rotatable bonds is 8. The maximum absolute atomic E-state index is 13.7. The lowest BCUT2D eigenvalue weighted by atomic mass is 9.88. The van der Waals surface area contributed by atoms with E-state index in [1.165, 1.54) is 48.5 Å². The Balaban J connectivity index is 1.60. The van der Waals surface area contributed by atoms with Gasteiger partial charge in [-0.25, -0.2) is 14.1 Å². The van der Waals surface area contributed by atoms with Crippen molar-refractivity contribution in [1.82, 2.24) is 4.90 Å². The Labute approximate surface area is 202 Å². The van der Waals surface area contributed by atoms with Gasteiger partial charge in [0.05, 0.1) is 18.1 Å². The van der Waals surface area contributed by atoms with Gasteiger partial charge in [-0.05, 0) is 53.8 Å². The van der Waals surface area contributed by atoms with Crippen LogP contribution in [0.4, 0.5) is 9.18 Å². The number of nitrogens with zero attached hydrogens (tertiary/aromatic N) is 1. The lowest BCUT2D eigenvalue weighted by Crippen LogP contribution is -2.41. The lowest BCUT2D eigenvalue weighted by molar-refractivity contribution is -0.138. The maximum Gasteiger partial charge on any atom is 0.417 e. The summed E-state index contributed by atoms with van der Waals surface area (Å²) in [7, 11) is 0. The molecule has 0 aliphatic carbocycles. The van der Waals surface area contributed by atoms with Gasteiger partial charge >= 0.3 is 6.09 Å². The first-order valence-corrected chi connectivity index (χ1v) is 11.3. The number of hydrogen-bond donors (Lipinski definition) is 3. The Morgan fingerprint density at radius 3 is 2.23 bits per heavy atom. The number of aliphatic hydroxyl groups excluding tert-OH is 2. The molecule has 2 amide bonds. The summed E-state index contributed by atoms with van der Waals surface area (Å²) >= 11 is 0. The van der Waals surface area contributed by atoms with Crippen LogP contribution in [-0.2, 0) is 9.53 Å². The first kappa shape index (κ1) is 24.4. The molecule has 0 aromatic heterocycles. The van der Waals surface area contributed by atoms with Gasteiger partial charge in [0.2, 0.25) is 5.91 Å². The highest BCUT2D eigenvalue weighted by Gasteiger charge is 2.43. The number of cyclic esters (lactones) is 1. The molecule has 4 rings (SSSR count). The molecule has 1 aliphatic rings. The molecule has 7 nitrogen and oxygen atoms in total. The topological polar surface area (TPSA) is 107 Å². The summed E-state index contributed by atoms with van der Waals surface area (Å²) in [6.45, 7) is -0.00514. The number of aromatic hydroxyl groups is 1. The third-order valence-corrected chi connectivity index (χ3v) is 6.23. The highest BCUT2D eigenvalue weighted by molar-refractivity contribution is 5.95. The van der Waals surface area contributed by atoms with Crippen molar-refractivity contribution in [2.75, 3.05) is 6.61 Å². The van der Waals surface area contributed by atoms with Crippen LogP contribution in [0.3, 0.4) is 0 Å². The largest absolute Gasteiger partial charge is 0.508 e. The van der Waals surface area contributed by atoms with Crippen LogP contribution >= 0.6 is 0 Å². The van der Waals surface area contributed by atoms with Crippen molar-refractivity contribution < 1.29 is 34.0 Å². The molecule has 0 saturated carbocycles. The molecule has 1 saturated heterocycles. The predicted octanol–water partition coefficient (Wildman–Crippen LogP) is 4.41. The van der Waals surface area contributed by atoms with E-state index in [1.54, 1.807) is 24.3 Å². The SMILES string of the molecule is O=C1OC[C@H](c2ccccc2)N1C(=O)[C@H](CC[C@@H](O)c1ccc(F)cc1)[C@@H](O)c1ccc(O)cc1. The van der Waals surface area contributed by atoms with Gasteiger partial charge in [0, 0.05) is 0 Å². The van der Waals surface area contributed by atoms with E-state index in [-0.39, 0.29) is 25.2 Å². The van der Waals surface area contributed by atoms with Crippen LogP contribution in [0.15, 0.2) is 78.9 Å². The molecule has 0 spiro atoms. The minimum absolute atomic E-state index is 0.00261. The van der Waals surface area contributed by atoms with E-state index in [1.807, 2.05) is 6.07 Å². The normalized spacial score (nSPS) is 18.1. The van der Waals surface area contributed by atoms with Crippen LogP contribution < -0.4 is 0 Å². The summed E-state index contributed by atoms with van der Waals surface area (Å²) in [6, 6.07) is 19.5. The number of benzene rings is 3. The minimum Gasteiger partial charge on any atom is -0.508 e. The van der Waals surface area contributed by atoms with Crippen molar-refractivity contribution >= 4 is 12.0 Å². The van der Waals surface area contributed by atoms with Gasteiger partial charge in [0.15, 0.2) is 0 Å². The fraction of sp³-hybridized carbons (Fsp3) is 0.259. The van der Waals surface area contributed by atoms with Crippen molar-refractivity contribution in [2.24, 2.45) is 5.92 Å². The second kappa shape index (κ2) is 10.7.